The van der Waals surface area contributed by atoms with E-state index < -0.39 is 24.5 Å². The third-order valence-corrected chi connectivity index (χ3v) is 2.44. The normalized spacial score (nSPS) is 13.5. The van der Waals surface area contributed by atoms with Crippen LogP contribution in [0, 0.1) is 0 Å². The van der Waals surface area contributed by atoms with Gasteiger partial charge >= 0.3 is 5.97 Å². The Hall–Kier alpha value is -1.28. The maximum atomic E-state index is 11.5. The molecule has 2 amide bonds. The van der Waals surface area contributed by atoms with Crippen molar-refractivity contribution in [3.05, 3.63) is 0 Å². The highest BCUT2D eigenvalue weighted by Gasteiger charge is 2.19. The van der Waals surface area contributed by atoms with Crippen molar-refractivity contribution >= 4 is 30.4 Å². The van der Waals surface area contributed by atoms with Gasteiger partial charge in [-0.15, -0.1) is 0 Å². The smallest absolute Gasteiger partial charge is 0.322 e. The lowest BCUT2D eigenvalue weighted by molar-refractivity contribution is -0.138. The first kappa shape index (κ1) is 16.7. The van der Waals surface area contributed by atoms with Crippen molar-refractivity contribution in [1.82, 2.24) is 10.6 Å². The van der Waals surface area contributed by atoms with E-state index in [0.29, 0.717) is 6.42 Å². The Bertz CT molecular complexity index is 309. The number of carbonyl (C=O) groups is 3. The van der Waals surface area contributed by atoms with Gasteiger partial charge in [0.25, 0.3) is 0 Å². The standard InChI is InChI=1S/C10H19N3O4S/c1-6(11)2-3-8(14)13-7(5-18)10(17)12-4-9(15)16/h6-7,18H,2-5,11H2,1H3,(H,12,17)(H,13,14)(H,15,16). The van der Waals surface area contributed by atoms with Crippen molar-refractivity contribution < 1.29 is 19.5 Å². The van der Waals surface area contributed by atoms with Gasteiger partial charge < -0.3 is 21.5 Å². The van der Waals surface area contributed by atoms with Crippen molar-refractivity contribution in [3.63, 3.8) is 0 Å². The van der Waals surface area contributed by atoms with Crippen LogP contribution in [0.5, 0.6) is 0 Å². The molecule has 8 heteroatoms. The second kappa shape index (κ2) is 8.76. The molecule has 0 aliphatic carbocycles. The molecule has 0 spiro atoms. The van der Waals surface area contributed by atoms with Crippen LogP contribution in [0.2, 0.25) is 0 Å². The van der Waals surface area contributed by atoms with E-state index in [1.54, 1.807) is 6.92 Å². The van der Waals surface area contributed by atoms with Crippen molar-refractivity contribution in [2.75, 3.05) is 12.3 Å². The average Bonchev–Trinajstić information content (AvgIpc) is 2.30. The van der Waals surface area contributed by atoms with E-state index in [4.69, 9.17) is 10.8 Å². The number of carboxylic acid groups (broad SMARTS) is 1. The quantitative estimate of drug-likeness (QED) is 0.354. The van der Waals surface area contributed by atoms with Gasteiger partial charge in [-0.1, -0.05) is 0 Å². The molecule has 0 aliphatic heterocycles. The summed E-state index contributed by atoms with van der Waals surface area (Å²) in [4.78, 5) is 33.2. The summed E-state index contributed by atoms with van der Waals surface area (Å²) in [5, 5.41) is 13.1. The number of aliphatic carboxylic acids is 1. The number of thiol groups is 1. The molecule has 0 saturated carbocycles. The summed E-state index contributed by atoms with van der Waals surface area (Å²) in [6.07, 6.45) is 0.732. The highest BCUT2D eigenvalue weighted by Crippen LogP contribution is 1.96. The van der Waals surface area contributed by atoms with Gasteiger partial charge in [-0.3, -0.25) is 14.4 Å². The van der Waals surface area contributed by atoms with E-state index in [0.717, 1.165) is 0 Å². The molecule has 0 aromatic carbocycles. The minimum Gasteiger partial charge on any atom is -0.480 e. The number of nitrogens with one attached hydrogen (secondary N) is 2. The van der Waals surface area contributed by atoms with Gasteiger partial charge in [0.2, 0.25) is 11.8 Å². The van der Waals surface area contributed by atoms with Gasteiger partial charge in [0.15, 0.2) is 0 Å². The number of amides is 2. The molecule has 0 aromatic heterocycles. The molecule has 2 unspecified atom stereocenters. The molecule has 0 radical (unpaired) electrons. The van der Waals surface area contributed by atoms with Crippen LogP contribution >= 0.6 is 12.6 Å². The molecular formula is C10H19N3O4S. The number of nitrogens with two attached hydrogens (primary N) is 1. The van der Waals surface area contributed by atoms with Crippen LogP contribution in [0.25, 0.3) is 0 Å². The molecule has 5 N–H and O–H groups in total. The first-order valence-electron chi connectivity index (χ1n) is 5.52. The van der Waals surface area contributed by atoms with Gasteiger partial charge in [0, 0.05) is 18.2 Å². The minimum atomic E-state index is -1.15. The number of hydrogen-bond acceptors (Lipinski definition) is 5. The van der Waals surface area contributed by atoms with E-state index in [1.807, 2.05) is 0 Å². The third-order valence-electron chi connectivity index (χ3n) is 2.07. The Labute approximate surface area is 111 Å². The summed E-state index contributed by atoms with van der Waals surface area (Å²) in [6.45, 7) is 1.29. The number of carboxylic acids is 1. The van der Waals surface area contributed by atoms with Crippen LogP contribution in [0.1, 0.15) is 19.8 Å². The lowest BCUT2D eigenvalue weighted by Crippen LogP contribution is -2.49. The summed E-state index contributed by atoms with van der Waals surface area (Å²) in [6, 6.07) is -0.931. The SMILES string of the molecule is CC(N)CCC(=O)NC(CS)C(=O)NCC(=O)O. The van der Waals surface area contributed by atoms with Crippen molar-refractivity contribution in [2.45, 2.75) is 31.8 Å². The zero-order valence-corrected chi connectivity index (χ0v) is 11.1. The van der Waals surface area contributed by atoms with E-state index in [2.05, 4.69) is 23.3 Å². The molecule has 18 heavy (non-hydrogen) atoms. The topological polar surface area (TPSA) is 122 Å². The van der Waals surface area contributed by atoms with Gasteiger partial charge in [0.1, 0.15) is 12.6 Å². The molecule has 0 aliphatic rings. The molecule has 2 atom stereocenters. The van der Waals surface area contributed by atoms with E-state index in [1.165, 1.54) is 0 Å². The van der Waals surface area contributed by atoms with Crippen LogP contribution in [0.15, 0.2) is 0 Å². The fraction of sp³-hybridized carbons (Fsp3) is 0.700. The summed E-state index contributed by atoms with van der Waals surface area (Å²) >= 11 is 3.94. The second-order valence-electron chi connectivity index (χ2n) is 3.93. The first-order valence-corrected chi connectivity index (χ1v) is 6.15. The molecule has 0 saturated heterocycles. The molecule has 104 valence electrons. The van der Waals surface area contributed by atoms with E-state index in [-0.39, 0.29) is 24.1 Å². The summed E-state index contributed by atoms with van der Waals surface area (Å²) in [5.74, 6) is -1.93. The Morgan fingerprint density at radius 3 is 2.44 bits per heavy atom. The summed E-state index contributed by atoms with van der Waals surface area (Å²) in [5.41, 5.74) is 5.51. The van der Waals surface area contributed by atoms with Crippen molar-refractivity contribution in [3.8, 4) is 0 Å². The highest BCUT2D eigenvalue weighted by atomic mass is 32.1. The van der Waals surface area contributed by atoms with Crippen LogP contribution in [0.3, 0.4) is 0 Å². The van der Waals surface area contributed by atoms with Gasteiger partial charge in [-0.05, 0) is 13.3 Å². The van der Waals surface area contributed by atoms with Crippen LogP contribution in [-0.2, 0) is 14.4 Å². The van der Waals surface area contributed by atoms with Gasteiger partial charge in [-0.25, -0.2) is 0 Å². The second-order valence-corrected chi connectivity index (χ2v) is 4.30. The Morgan fingerprint density at radius 2 is 2.00 bits per heavy atom. The summed E-state index contributed by atoms with van der Waals surface area (Å²) in [7, 11) is 0. The molecule has 0 rings (SSSR count). The molecule has 0 aromatic rings. The molecule has 0 fully saturated rings. The molecule has 7 nitrogen and oxygen atoms in total. The number of hydrogen-bond donors (Lipinski definition) is 5. The first-order chi connectivity index (χ1) is 8.36. The van der Waals surface area contributed by atoms with Crippen molar-refractivity contribution in [2.24, 2.45) is 5.73 Å². The Balaban J connectivity index is 4.12. The largest absolute Gasteiger partial charge is 0.480 e. The van der Waals surface area contributed by atoms with E-state index >= 15 is 0 Å². The highest BCUT2D eigenvalue weighted by molar-refractivity contribution is 7.80. The Kier molecular flexibility index (Phi) is 8.14. The molecular weight excluding hydrogens is 258 g/mol. The van der Waals surface area contributed by atoms with Crippen LogP contribution in [0.4, 0.5) is 0 Å². The minimum absolute atomic E-state index is 0.0916. The van der Waals surface area contributed by atoms with E-state index in [9.17, 15) is 14.4 Å². The average molecular weight is 277 g/mol. The number of carbonyl (C=O) groups excluding carboxylic acids is 2. The predicted octanol–water partition coefficient (Wildman–Crippen LogP) is -1.27. The van der Waals surface area contributed by atoms with Gasteiger partial charge in [0.05, 0.1) is 0 Å². The predicted molar refractivity (Wildman–Crippen MR) is 69.3 cm³/mol. The van der Waals surface area contributed by atoms with Gasteiger partial charge in [-0.2, -0.15) is 12.6 Å². The lowest BCUT2D eigenvalue weighted by atomic mass is 10.2. The monoisotopic (exact) mass is 277 g/mol. The van der Waals surface area contributed by atoms with Crippen molar-refractivity contribution in [1.29, 1.82) is 0 Å². The van der Waals surface area contributed by atoms with Crippen LogP contribution < -0.4 is 16.4 Å². The zero-order chi connectivity index (χ0) is 14.1. The lowest BCUT2D eigenvalue weighted by Gasteiger charge is -2.16. The van der Waals surface area contributed by atoms with Crippen LogP contribution in [-0.4, -0.2) is 47.3 Å². The fourth-order valence-corrected chi connectivity index (χ4v) is 1.36. The number of rotatable bonds is 8. The fourth-order valence-electron chi connectivity index (χ4n) is 1.11. The third kappa shape index (κ3) is 7.91. The zero-order valence-electron chi connectivity index (χ0n) is 10.2. The maximum absolute atomic E-state index is 11.5. The maximum Gasteiger partial charge on any atom is 0.322 e. The Morgan fingerprint density at radius 1 is 1.39 bits per heavy atom. The molecule has 0 heterocycles. The summed E-state index contributed by atoms with van der Waals surface area (Å²) < 4.78 is 0. The molecule has 0 bridgehead atoms.